The van der Waals surface area contributed by atoms with Gasteiger partial charge in [-0.2, -0.15) is 0 Å². The molecule has 0 radical (unpaired) electrons. The van der Waals surface area contributed by atoms with Crippen LogP contribution in [-0.4, -0.2) is 47.6 Å². The van der Waals surface area contributed by atoms with Crippen LogP contribution in [0.4, 0.5) is 0 Å². The fraction of sp³-hybridized carbons (Fsp3) is 0.714. The van der Waals surface area contributed by atoms with Crippen LogP contribution in [0.15, 0.2) is 0 Å². The van der Waals surface area contributed by atoms with Gasteiger partial charge in [0.2, 0.25) is 5.91 Å². The molecule has 0 aliphatic carbocycles. The zero-order chi connectivity index (χ0) is 9.14. The Morgan fingerprint density at radius 3 is 2.75 bits per heavy atom. The van der Waals surface area contributed by atoms with Crippen LogP contribution < -0.4 is 5.32 Å². The second-order valence-corrected chi connectivity index (χ2v) is 2.81. The standard InChI is InChI=1S/C7H12N2O3/c1-5(10)9-3-2-8-6(4-9)7(11)12/h6,8H,2-4H2,1H3,(H,11,12)/t6-/m1/s1. The van der Waals surface area contributed by atoms with E-state index < -0.39 is 12.0 Å². The number of aliphatic carboxylic acids is 1. The zero-order valence-electron chi connectivity index (χ0n) is 6.91. The molecule has 0 aromatic carbocycles. The predicted molar refractivity (Wildman–Crippen MR) is 41.7 cm³/mol. The van der Waals surface area contributed by atoms with Gasteiger partial charge < -0.3 is 15.3 Å². The van der Waals surface area contributed by atoms with Crippen LogP contribution in [0.3, 0.4) is 0 Å². The Kier molecular flexibility index (Phi) is 2.65. The van der Waals surface area contributed by atoms with Crippen molar-refractivity contribution >= 4 is 11.9 Å². The van der Waals surface area contributed by atoms with Crippen LogP contribution in [0.25, 0.3) is 0 Å². The quantitative estimate of drug-likeness (QED) is 0.526. The Hall–Kier alpha value is -1.10. The summed E-state index contributed by atoms with van der Waals surface area (Å²) in [6.07, 6.45) is 0. The Morgan fingerprint density at radius 1 is 1.58 bits per heavy atom. The molecule has 0 saturated carbocycles. The highest BCUT2D eigenvalue weighted by molar-refractivity contribution is 5.77. The minimum absolute atomic E-state index is 0.0669. The first kappa shape index (κ1) is 8.99. The third-order valence-electron chi connectivity index (χ3n) is 1.92. The SMILES string of the molecule is CC(=O)N1CCN[C@@H](C(=O)O)C1. The monoisotopic (exact) mass is 172 g/mol. The maximum atomic E-state index is 10.9. The number of carboxylic acids is 1. The van der Waals surface area contributed by atoms with E-state index in [2.05, 4.69) is 5.32 Å². The minimum atomic E-state index is -0.902. The molecule has 5 nitrogen and oxygen atoms in total. The topological polar surface area (TPSA) is 69.6 Å². The molecular formula is C7H12N2O3. The van der Waals surface area contributed by atoms with E-state index in [0.29, 0.717) is 13.1 Å². The maximum Gasteiger partial charge on any atom is 0.322 e. The molecule has 1 aliphatic rings. The lowest BCUT2D eigenvalue weighted by atomic mass is 10.2. The van der Waals surface area contributed by atoms with Gasteiger partial charge in [0, 0.05) is 26.6 Å². The van der Waals surface area contributed by atoms with Crippen molar-refractivity contribution in [2.24, 2.45) is 0 Å². The maximum absolute atomic E-state index is 10.9. The van der Waals surface area contributed by atoms with Gasteiger partial charge >= 0.3 is 5.97 Å². The first-order valence-corrected chi connectivity index (χ1v) is 3.83. The van der Waals surface area contributed by atoms with Crippen molar-refractivity contribution in [3.8, 4) is 0 Å². The second-order valence-electron chi connectivity index (χ2n) is 2.81. The number of amides is 1. The molecule has 5 heteroatoms. The van der Waals surface area contributed by atoms with Crippen LogP contribution >= 0.6 is 0 Å². The van der Waals surface area contributed by atoms with Gasteiger partial charge in [-0.15, -0.1) is 0 Å². The average molecular weight is 172 g/mol. The van der Waals surface area contributed by atoms with E-state index in [1.54, 1.807) is 0 Å². The fourth-order valence-electron chi connectivity index (χ4n) is 1.20. The van der Waals surface area contributed by atoms with Gasteiger partial charge in [-0.05, 0) is 0 Å². The number of nitrogens with one attached hydrogen (secondary N) is 1. The largest absolute Gasteiger partial charge is 0.480 e. The molecule has 0 aromatic heterocycles. The van der Waals surface area contributed by atoms with E-state index in [-0.39, 0.29) is 12.5 Å². The van der Waals surface area contributed by atoms with Crippen molar-refractivity contribution < 1.29 is 14.7 Å². The van der Waals surface area contributed by atoms with E-state index in [9.17, 15) is 9.59 Å². The third-order valence-corrected chi connectivity index (χ3v) is 1.92. The smallest absolute Gasteiger partial charge is 0.322 e. The van der Waals surface area contributed by atoms with Gasteiger partial charge in [0.15, 0.2) is 0 Å². The number of rotatable bonds is 1. The van der Waals surface area contributed by atoms with E-state index in [1.807, 2.05) is 0 Å². The number of nitrogens with zero attached hydrogens (tertiary/aromatic N) is 1. The van der Waals surface area contributed by atoms with Crippen LogP contribution in [-0.2, 0) is 9.59 Å². The molecule has 0 unspecified atom stereocenters. The second kappa shape index (κ2) is 3.53. The molecule has 1 atom stereocenters. The van der Waals surface area contributed by atoms with Crippen molar-refractivity contribution in [2.75, 3.05) is 19.6 Å². The highest BCUT2D eigenvalue weighted by Crippen LogP contribution is 1.99. The fourth-order valence-corrected chi connectivity index (χ4v) is 1.20. The van der Waals surface area contributed by atoms with Gasteiger partial charge in [0.05, 0.1) is 0 Å². The molecule has 2 N–H and O–H groups in total. The first-order valence-electron chi connectivity index (χ1n) is 3.83. The highest BCUT2D eigenvalue weighted by Gasteiger charge is 2.25. The van der Waals surface area contributed by atoms with Crippen molar-refractivity contribution in [3.05, 3.63) is 0 Å². The predicted octanol–water partition coefficient (Wildman–Crippen LogP) is -1.11. The summed E-state index contributed by atoms with van der Waals surface area (Å²) in [6.45, 7) is 2.87. The van der Waals surface area contributed by atoms with Crippen molar-refractivity contribution in [1.29, 1.82) is 0 Å². The number of carboxylic acid groups (broad SMARTS) is 1. The van der Waals surface area contributed by atoms with Crippen molar-refractivity contribution in [2.45, 2.75) is 13.0 Å². The average Bonchev–Trinajstić information content (AvgIpc) is 2.04. The number of hydrogen-bond donors (Lipinski definition) is 2. The van der Waals surface area contributed by atoms with Gasteiger partial charge in [0.25, 0.3) is 0 Å². The van der Waals surface area contributed by atoms with Crippen molar-refractivity contribution in [1.82, 2.24) is 10.2 Å². The molecule has 1 fully saturated rings. The molecule has 0 bridgehead atoms. The molecule has 68 valence electrons. The lowest BCUT2D eigenvalue weighted by Crippen LogP contribution is -2.55. The number of piperazine rings is 1. The Bertz CT molecular complexity index is 185. The number of hydrogen-bond acceptors (Lipinski definition) is 3. The van der Waals surface area contributed by atoms with Crippen LogP contribution in [0.5, 0.6) is 0 Å². The lowest BCUT2D eigenvalue weighted by molar-refractivity contribution is -0.142. The molecule has 12 heavy (non-hydrogen) atoms. The Labute approximate surface area is 70.4 Å². The van der Waals surface area contributed by atoms with Gasteiger partial charge in [-0.25, -0.2) is 0 Å². The highest BCUT2D eigenvalue weighted by atomic mass is 16.4. The number of carbonyl (C=O) groups is 2. The molecular weight excluding hydrogens is 160 g/mol. The van der Waals surface area contributed by atoms with Crippen LogP contribution in [0, 0.1) is 0 Å². The summed E-state index contributed by atoms with van der Waals surface area (Å²) in [5.41, 5.74) is 0. The molecule has 1 aliphatic heterocycles. The normalized spacial score (nSPS) is 23.8. The molecule has 0 spiro atoms. The minimum Gasteiger partial charge on any atom is -0.480 e. The zero-order valence-corrected chi connectivity index (χ0v) is 6.91. The summed E-state index contributed by atoms with van der Waals surface area (Å²) in [5, 5.41) is 11.4. The van der Waals surface area contributed by atoms with Gasteiger partial charge in [0.1, 0.15) is 6.04 Å². The molecule has 1 heterocycles. The summed E-state index contributed by atoms with van der Waals surface area (Å²) in [4.78, 5) is 22.9. The third kappa shape index (κ3) is 1.94. The van der Waals surface area contributed by atoms with Gasteiger partial charge in [-0.3, -0.25) is 9.59 Å². The van der Waals surface area contributed by atoms with Crippen LogP contribution in [0.2, 0.25) is 0 Å². The molecule has 1 saturated heterocycles. The van der Waals surface area contributed by atoms with E-state index in [4.69, 9.17) is 5.11 Å². The molecule has 1 amide bonds. The van der Waals surface area contributed by atoms with Crippen molar-refractivity contribution in [3.63, 3.8) is 0 Å². The number of carbonyl (C=O) groups excluding carboxylic acids is 1. The summed E-state index contributed by atoms with van der Waals surface area (Å²) in [6, 6.07) is -0.609. The van der Waals surface area contributed by atoms with Crippen LogP contribution in [0.1, 0.15) is 6.92 Å². The van der Waals surface area contributed by atoms with E-state index >= 15 is 0 Å². The molecule has 0 aromatic rings. The summed E-state index contributed by atoms with van der Waals surface area (Å²) in [7, 11) is 0. The Morgan fingerprint density at radius 2 is 2.25 bits per heavy atom. The Balaban J connectivity index is 2.51. The molecule has 1 rings (SSSR count). The summed E-state index contributed by atoms with van der Waals surface area (Å²) in [5.74, 6) is -0.969. The summed E-state index contributed by atoms with van der Waals surface area (Å²) >= 11 is 0. The van der Waals surface area contributed by atoms with E-state index in [0.717, 1.165) is 0 Å². The summed E-state index contributed by atoms with van der Waals surface area (Å²) < 4.78 is 0. The van der Waals surface area contributed by atoms with Gasteiger partial charge in [-0.1, -0.05) is 0 Å². The lowest BCUT2D eigenvalue weighted by Gasteiger charge is -2.30. The van der Waals surface area contributed by atoms with E-state index in [1.165, 1.54) is 11.8 Å². The first-order chi connectivity index (χ1) is 5.61.